The van der Waals surface area contributed by atoms with Gasteiger partial charge in [-0.25, -0.2) is 0 Å². The number of allylic oxidation sites excluding steroid dienone is 4. The number of rotatable bonds is 0. The molecule has 0 bridgehead atoms. The van der Waals surface area contributed by atoms with Gasteiger partial charge in [0, 0.05) is 12.4 Å². The van der Waals surface area contributed by atoms with E-state index in [0.717, 1.165) is 0 Å². The molecule has 1 fully saturated rings. The molecule has 0 aromatic rings. The van der Waals surface area contributed by atoms with Crippen molar-refractivity contribution >= 4 is 22.6 Å². The van der Waals surface area contributed by atoms with Crippen molar-refractivity contribution in [3.8, 4) is 0 Å². The second-order valence-corrected chi connectivity index (χ2v) is 2.20. The van der Waals surface area contributed by atoms with Gasteiger partial charge in [-0.15, -0.1) is 0 Å². The molecule has 3 radical (unpaired) electrons. The zero-order valence-electron chi connectivity index (χ0n) is 7.20. The minimum atomic E-state index is 1.72. The molecule has 2 rings (SSSR count). The normalized spacial score (nSPS) is 17.8. The lowest BCUT2D eigenvalue weighted by Crippen LogP contribution is -2.55. The predicted octanol–water partition coefficient (Wildman–Crippen LogP) is -1.46. The lowest BCUT2D eigenvalue weighted by atomic mass is 9.85. The largest absolute Gasteiger partial charge is 0.379 e. The van der Waals surface area contributed by atoms with Crippen LogP contribution in [0.3, 0.4) is 0 Å². The molecule has 0 aromatic heterocycles. The standard InChI is InChI=1S/C6H7N.B3H3N3/c1-2-4-6-7-5-3-1;1-4-2-6-3-5-1/h1-7H;4-6H. The van der Waals surface area contributed by atoms with Crippen LogP contribution in [0.5, 0.6) is 0 Å². The smallest absolute Gasteiger partial charge is 0.284 e. The quantitative estimate of drug-likeness (QED) is 0.336. The number of hydrogen-bond donors (Lipinski definition) is 4. The molecule has 0 amide bonds. The highest BCUT2D eigenvalue weighted by Gasteiger charge is 1.98. The summed E-state index contributed by atoms with van der Waals surface area (Å²) in [5, 5.41) is 11.3. The van der Waals surface area contributed by atoms with Crippen LogP contribution < -0.4 is 20.7 Å². The van der Waals surface area contributed by atoms with Crippen LogP contribution in [0, 0.1) is 0 Å². The minimum absolute atomic E-state index is 1.72. The highest BCUT2D eigenvalue weighted by Crippen LogP contribution is 1.81. The number of nitrogens with one attached hydrogen (secondary N) is 4. The Morgan fingerprint density at radius 1 is 0.615 bits per heavy atom. The van der Waals surface area contributed by atoms with Gasteiger partial charge >= 0.3 is 0 Å². The van der Waals surface area contributed by atoms with Gasteiger partial charge in [0.25, 0.3) is 22.6 Å². The third kappa shape index (κ3) is 6.27. The maximum absolute atomic E-state index is 2.92. The highest BCUT2D eigenvalue weighted by molar-refractivity contribution is 6.65. The van der Waals surface area contributed by atoms with Crippen molar-refractivity contribution in [1.82, 2.24) is 20.7 Å². The van der Waals surface area contributed by atoms with Crippen molar-refractivity contribution in [2.24, 2.45) is 0 Å². The fourth-order valence-electron chi connectivity index (χ4n) is 0.675. The van der Waals surface area contributed by atoms with E-state index in [4.69, 9.17) is 0 Å². The van der Waals surface area contributed by atoms with Gasteiger partial charge in [0.1, 0.15) is 0 Å². The first kappa shape index (κ1) is 10.2. The molecule has 0 saturated carbocycles. The Morgan fingerprint density at radius 3 is 1.46 bits per heavy atom. The van der Waals surface area contributed by atoms with E-state index < -0.39 is 0 Å². The molecule has 0 unspecified atom stereocenters. The molecule has 7 heteroatoms. The summed E-state index contributed by atoms with van der Waals surface area (Å²) in [7, 11) is 5.16. The summed E-state index contributed by atoms with van der Waals surface area (Å²) in [6, 6.07) is 0. The third-order valence-corrected chi connectivity index (χ3v) is 1.22. The Labute approximate surface area is 80.8 Å². The summed E-state index contributed by atoms with van der Waals surface area (Å²) in [5.74, 6) is 0. The molecule has 2 aliphatic heterocycles. The summed E-state index contributed by atoms with van der Waals surface area (Å²) in [6.45, 7) is 0. The van der Waals surface area contributed by atoms with Gasteiger partial charge in [0.2, 0.25) is 0 Å². The summed E-state index contributed by atoms with van der Waals surface area (Å²) in [5.41, 5.74) is 0. The van der Waals surface area contributed by atoms with Crippen molar-refractivity contribution in [3.05, 3.63) is 36.7 Å². The maximum Gasteiger partial charge on any atom is 0.284 e. The van der Waals surface area contributed by atoms with Crippen molar-refractivity contribution < 1.29 is 0 Å². The van der Waals surface area contributed by atoms with E-state index in [0.29, 0.717) is 0 Å². The Kier molecular flexibility index (Phi) is 6.05. The molecule has 4 nitrogen and oxygen atoms in total. The SMILES string of the molecule is C1=CC=CNC=C1.[B]1N[B]N[B]N1. The van der Waals surface area contributed by atoms with E-state index in [-0.39, 0.29) is 0 Å². The summed E-state index contributed by atoms with van der Waals surface area (Å²) >= 11 is 0. The van der Waals surface area contributed by atoms with Crippen LogP contribution in [0.25, 0.3) is 0 Å². The maximum atomic E-state index is 2.92. The molecule has 1 saturated heterocycles. The Bertz CT molecular complexity index is 175. The molecule has 4 N–H and O–H groups in total. The molecule has 0 spiro atoms. The first-order chi connectivity index (χ1) is 6.50. The third-order valence-electron chi connectivity index (χ3n) is 1.22. The molecule has 0 atom stereocenters. The van der Waals surface area contributed by atoms with Gasteiger partial charge in [0.05, 0.1) is 0 Å². The van der Waals surface area contributed by atoms with E-state index >= 15 is 0 Å². The van der Waals surface area contributed by atoms with Crippen LogP contribution in [0.2, 0.25) is 0 Å². The van der Waals surface area contributed by atoms with E-state index in [1.54, 1.807) is 22.6 Å². The monoisotopic (exact) mass is 171 g/mol. The lowest BCUT2D eigenvalue weighted by molar-refractivity contribution is 1.20. The molecule has 0 aromatic carbocycles. The zero-order chi connectivity index (χ0) is 9.19. The van der Waals surface area contributed by atoms with Crippen molar-refractivity contribution in [2.75, 3.05) is 0 Å². The van der Waals surface area contributed by atoms with Gasteiger partial charge in [-0.1, -0.05) is 12.2 Å². The molecule has 2 aliphatic rings. The molecule has 63 valence electrons. The minimum Gasteiger partial charge on any atom is -0.379 e. The van der Waals surface area contributed by atoms with Gasteiger partial charge in [-0.3, -0.25) is 0 Å². The topological polar surface area (TPSA) is 48.1 Å². The summed E-state index contributed by atoms with van der Waals surface area (Å²) in [6.07, 6.45) is 11.6. The highest BCUT2D eigenvalue weighted by atomic mass is 15.0. The van der Waals surface area contributed by atoms with Gasteiger partial charge in [-0.05, 0) is 12.2 Å². The number of hydrogen-bond acceptors (Lipinski definition) is 4. The first-order valence-corrected chi connectivity index (χ1v) is 3.98. The van der Waals surface area contributed by atoms with E-state index in [9.17, 15) is 0 Å². The Morgan fingerprint density at radius 2 is 1.08 bits per heavy atom. The van der Waals surface area contributed by atoms with Crippen LogP contribution in [0.15, 0.2) is 36.7 Å². The molecule has 0 aliphatic carbocycles. The van der Waals surface area contributed by atoms with Crippen molar-refractivity contribution in [3.63, 3.8) is 0 Å². The van der Waals surface area contributed by atoms with E-state index in [2.05, 4.69) is 20.7 Å². The average molecular weight is 171 g/mol. The Balaban J connectivity index is 0.000000132. The van der Waals surface area contributed by atoms with Crippen LogP contribution in [0.1, 0.15) is 0 Å². The van der Waals surface area contributed by atoms with Crippen LogP contribution in [-0.4, -0.2) is 22.6 Å². The van der Waals surface area contributed by atoms with Gasteiger partial charge in [0.15, 0.2) is 0 Å². The molecular weight excluding hydrogens is 161 g/mol. The van der Waals surface area contributed by atoms with Gasteiger partial charge in [-0.2, -0.15) is 0 Å². The van der Waals surface area contributed by atoms with Crippen molar-refractivity contribution in [2.45, 2.75) is 0 Å². The second kappa shape index (κ2) is 7.73. The molecule has 2 heterocycles. The fraction of sp³-hybridized carbons (Fsp3) is 0. The second-order valence-electron chi connectivity index (χ2n) is 2.20. The molecule has 13 heavy (non-hydrogen) atoms. The Hall–Kier alpha value is -0.905. The van der Waals surface area contributed by atoms with Crippen LogP contribution >= 0.6 is 0 Å². The van der Waals surface area contributed by atoms with Crippen LogP contribution in [-0.2, 0) is 0 Å². The van der Waals surface area contributed by atoms with Gasteiger partial charge < -0.3 is 20.7 Å². The zero-order valence-corrected chi connectivity index (χ0v) is 7.20. The first-order valence-electron chi connectivity index (χ1n) is 3.98. The molecular formula is C6H10B3N4. The van der Waals surface area contributed by atoms with E-state index in [1.807, 2.05) is 36.7 Å². The summed E-state index contributed by atoms with van der Waals surface area (Å²) in [4.78, 5) is 0. The lowest BCUT2D eigenvalue weighted by Gasteiger charge is -2.07. The summed E-state index contributed by atoms with van der Waals surface area (Å²) < 4.78 is 0. The van der Waals surface area contributed by atoms with E-state index in [1.165, 1.54) is 0 Å². The average Bonchev–Trinajstić information content (AvgIpc) is 2.53. The fourth-order valence-corrected chi connectivity index (χ4v) is 0.675. The predicted molar refractivity (Wildman–Crippen MR) is 57.2 cm³/mol. The van der Waals surface area contributed by atoms with Crippen molar-refractivity contribution in [1.29, 1.82) is 0 Å². The van der Waals surface area contributed by atoms with Crippen LogP contribution in [0.4, 0.5) is 0 Å².